The number of benzene rings is 2. The molecule has 31 heavy (non-hydrogen) atoms. The van der Waals surface area contributed by atoms with Crippen molar-refractivity contribution in [2.45, 2.75) is 17.9 Å². The molecule has 1 saturated heterocycles. The zero-order chi connectivity index (χ0) is 21.8. The molecule has 8 heteroatoms. The van der Waals surface area contributed by atoms with E-state index in [0.29, 0.717) is 24.5 Å². The molecule has 1 aromatic heterocycles. The predicted molar refractivity (Wildman–Crippen MR) is 111 cm³/mol. The SMILES string of the molecule is COc1ccc(C(=O)N2CC[C@]3(C(=O)Nc4ccccc43)[C@@H]2c2nccn2C)c(F)c1. The van der Waals surface area contributed by atoms with Crippen molar-refractivity contribution in [1.82, 2.24) is 14.5 Å². The van der Waals surface area contributed by atoms with Gasteiger partial charge in [-0.05, 0) is 30.2 Å². The van der Waals surface area contributed by atoms with Gasteiger partial charge in [0.1, 0.15) is 28.8 Å². The Balaban J connectivity index is 1.65. The van der Waals surface area contributed by atoms with Gasteiger partial charge in [0.25, 0.3) is 5.91 Å². The molecular formula is C23H21FN4O3. The van der Waals surface area contributed by atoms with Gasteiger partial charge in [0.15, 0.2) is 0 Å². The van der Waals surface area contributed by atoms with E-state index in [2.05, 4.69) is 10.3 Å². The molecule has 158 valence electrons. The number of hydrogen-bond acceptors (Lipinski definition) is 4. The zero-order valence-corrected chi connectivity index (χ0v) is 17.1. The number of fused-ring (bicyclic) bond motifs is 2. The van der Waals surface area contributed by atoms with Crippen LogP contribution in [0.4, 0.5) is 10.1 Å². The fourth-order valence-electron chi connectivity index (χ4n) is 4.86. The number of carbonyl (C=O) groups is 2. The first kappa shape index (κ1) is 19.3. The third kappa shape index (κ3) is 2.67. The Morgan fingerprint density at radius 2 is 2.10 bits per heavy atom. The molecule has 0 radical (unpaired) electrons. The van der Waals surface area contributed by atoms with Crippen LogP contribution in [0.3, 0.4) is 0 Å². The molecule has 2 amide bonds. The van der Waals surface area contributed by atoms with Crippen LogP contribution in [0.2, 0.25) is 0 Å². The maximum Gasteiger partial charge on any atom is 0.257 e. The summed E-state index contributed by atoms with van der Waals surface area (Å²) in [4.78, 5) is 32.9. The summed E-state index contributed by atoms with van der Waals surface area (Å²) in [5, 5.41) is 2.96. The molecule has 7 nitrogen and oxygen atoms in total. The van der Waals surface area contributed by atoms with E-state index in [1.165, 1.54) is 19.2 Å². The normalized spacial score (nSPS) is 22.0. The summed E-state index contributed by atoms with van der Waals surface area (Å²) in [6.45, 7) is 0.295. The number of nitrogens with one attached hydrogen (secondary N) is 1. The molecule has 1 spiro atoms. The van der Waals surface area contributed by atoms with Crippen molar-refractivity contribution in [3.8, 4) is 5.75 Å². The number of aromatic nitrogens is 2. The summed E-state index contributed by atoms with van der Waals surface area (Å²) in [6, 6.07) is 11.0. The summed E-state index contributed by atoms with van der Waals surface area (Å²) < 4.78 is 21.6. The van der Waals surface area contributed by atoms with Crippen LogP contribution in [0.25, 0.3) is 0 Å². The van der Waals surface area contributed by atoms with Crippen molar-refractivity contribution in [2.24, 2.45) is 7.05 Å². The summed E-state index contributed by atoms with van der Waals surface area (Å²) in [5.41, 5.74) is 0.507. The number of rotatable bonds is 3. The highest BCUT2D eigenvalue weighted by Gasteiger charge is 2.60. The number of methoxy groups -OCH3 is 1. The van der Waals surface area contributed by atoms with Crippen molar-refractivity contribution in [3.05, 3.63) is 77.6 Å². The molecule has 1 N–H and O–H groups in total. The standard InChI is InChI=1S/C23H21FN4O3/c1-27-12-10-25-20(27)19-23(16-5-3-4-6-18(16)26-22(23)30)9-11-28(19)21(29)15-8-7-14(31-2)13-17(15)24/h3-8,10,12-13,19H,9,11H2,1-2H3,(H,26,30)/t19-,23+/m0/s1. The number of imidazole rings is 1. The van der Waals surface area contributed by atoms with Gasteiger partial charge in [0.2, 0.25) is 5.91 Å². The lowest BCUT2D eigenvalue weighted by Gasteiger charge is -2.33. The summed E-state index contributed by atoms with van der Waals surface area (Å²) in [7, 11) is 3.26. The van der Waals surface area contributed by atoms with E-state index >= 15 is 0 Å². The number of halogens is 1. The molecule has 0 aliphatic carbocycles. The number of ether oxygens (including phenoxy) is 1. The van der Waals surface area contributed by atoms with Crippen LogP contribution in [0, 0.1) is 5.82 Å². The van der Waals surface area contributed by atoms with Crippen LogP contribution in [0.5, 0.6) is 5.75 Å². The molecule has 3 aromatic rings. The second-order valence-corrected chi connectivity index (χ2v) is 7.86. The molecule has 2 aromatic carbocycles. The van der Waals surface area contributed by atoms with Gasteiger partial charge in [0.05, 0.1) is 12.7 Å². The smallest absolute Gasteiger partial charge is 0.257 e. The number of likely N-dealkylation sites (tertiary alicyclic amines) is 1. The molecule has 2 aliphatic heterocycles. The zero-order valence-electron chi connectivity index (χ0n) is 17.1. The Kier molecular flexibility index (Phi) is 4.32. The highest BCUT2D eigenvalue weighted by molar-refractivity contribution is 6.08. The summed E-state index contributed by atoms with van der Waals surface area (Å²) in [5.74, 6) is -0.419. The minimum Gasteiger partial charge on any atom is -0.497 e. The number of aryl methyl sites for hydroxylation is 1. The molecule has 0 saturated carbocycles. The number of hydrogen-bond donors (Lipinski definition) is 1. The minimum atomic E-state index is -0.992. The van der Waals surface area contributed by atoms with Gasteiger partial charge in [0, 0.05) is 37.7 Å². The van der Waals surface area contributed by atoms with Crippen molar-refractivity contribution >= 4 is 17.5 Å². The fraction of sp³-hybridized carbons (Fsp3) is 0.261. The highest BCUT2D eigenvalue weighted by Crippen LogP contribution is 2.54. The van der Waals surface area contributed by atoms with Crippen molar-refractivity contribution in [2.75, 3.05) is 19.0 Å². The monoisotopic (exact) mass is 420 g/mol. The maximum atomic E-state index is 14.7. The lowest BCUT2D eigenvalue weighted by atomic mass is 9.74. The molecule has 5 rings (SSSR count). The third-order valence-corrected chi connectivity index (χ3v) is 6.36. The Morgan fingerprint density at radius 3 is 2.81 bits per heavy atom. The number of anilines is 1. The lowest BCUT2D eigenvalue weighted by Crippen LogP contribution is -2.44. The second kappa shape index (κ2) is 6.94. The van der Waals surface area contributed by atoms with Crippen LogP contribution in [-0.4, -0.2) is 39.9 Å². The fourth-order valence-corrected chi connectivity index (χ4v) is 4.86. The molecule has 0 unspecified atom stereocenters. The van der Waals surface area contributed by atoms with E-state index in [4.69, 9.17) is 4.74 Å². The average Bonchev–Trinajstić information content (AvgIpc) is 3.44. The van der Waals surface area contributed by atoms with E-state index in [0.717, 1.165) is 11.3 Å². The Labute approximate surface area is 178 Å². The molecule has 3 heterocycles. The van der Waals surface area contributed by atoms with E-state index in [1.54, 1.807) is 27.9 Å². The number of carbonyl (C=O) groups excluding carboxylic acids is 2. The first-order chi connectivity index (χ1) is 15.0. The molecule has 0 bridgehead atoms. The molecule has 1 fully saturated rings. The van der Waals surface area contributed by atoms with Gasteiger partial charge in [-0.15, -0.1) is 0 Å². The molecular weight excluding hydrogens is 399 g/mol. The van der Waals surface area contributed by atoms with Crippen LogP contribution >= 0.6 is 0 Å². The van der Waals surface area contributed by atoms with Crippen LogP contribution in [0.1, 0.15) is 34.2 Å². The summed E-state index contributed by atoms with van der Waals surface area (Å²) >= 11 is 0. The first-order valence-electron chi connectivity index (χ1n) is 10.00. The number of para-hydroxylation sites is 1. The van der Waals surface area contributed by atoms with Gasteiger partial charge < -0.3 is 19.5 Å². The van der Waals surface area contributed by atoms with Gasteiger partial charge >= 0.3 is 0 Å². The van der Waals surface area contributed by atoms with Crippen molar-refractivity contribution in [1.29, 1.82) is 0 Å². The molecule has 2 atom stereocenters. The topological polar surface area (TPSA) is 76.5 Å². The maximum absolute atomic E-state index is 14.7. The molecule has 2 aliphatic rings. The van der Waals surface area contributed by atoms with Crippen LogP contribution in [0.15, 0.2) is 54.9 Å². The van der Waals surface area contributed by atoms with E-state index < -0.39 is 23.2 Å². The summed E-state index contributed by atoms with van der Waals surface area (Å²) in [6.07, 6.45) is 3.82. The van der Waals surface area contributed by atoms with Gasteiger partial charge in [-0.3, -0.25) is 9.59 Å². The average molecular weight is 420 g/mol. The third-order valence-electron chi connectivity index (χ3n) is 6.36. The van der Waals surface area contributed by atoms with Crippen molar-refractivity contribution in [3.63, 3.8) is 0 Å². The van der Waals surface area contributed by atoms with E-state index in [1.807, 2.05) is 31.3 Å². The largest absolute Gasteiger partial charge is 0.497 e. The lowest BCUT2D eigenvalue weighted by molar-refractivity contribution is -0.121. The Bertz CT molecular complexity index is 1210. The van der Waals surface area contributed by atoms with E-state index in [-0.39, 0.29) is 11.5 Å². The van der Waals surface area contributed by atoms with Crippen LogP contribution in [-0.2, 0) is 17.3 Å². The number of nitrogens with zero attached hydrogens (tertiary/aromatic N) is 3. The van der Waals surface area contributed by atoms with Gasteiger partial charge in [-0.1, -0.05) is 18.2 Å². The highest BCUT2D eigenvalue weighted by atomic mass is 19.1. The predicted octanol–water partition coefficient (Wildman–Crippen LogP) is 3.05. The number of amides is 2. The van der Waals surface area contributed by atoms with Gasteiger partial charge in [-0.25, -0.2) is 9.37 Å². The minimum absolute atomic E-state index is 0.0660. The Hall–Kier alpha value is -3.68. The van der Waals surface area contributed by atoms with Crippen molar-refractivity contribution < 1.29 is 18.7 Å². The Morgan fingerprint density at radius 1 is 1.29 bits per heavy atom. The quantitative estimate of drug-likeness (QED) is 0.707. The second-order valence-electron chi connectivity index (χ2n) is 7.86. The van der Waals surface area contributed by atoms with Crippen LogP contribution < -0.4 is 10.1 Å². The first-order valence-corrected chi connectivity index (χ1v) is 10.00. The van der Waals surface area contributed by atoms with Gasteiger partial charge in [-0.2, -0.15) is 0 Å². The van der Waals surface area contributed by atoms with E-state index in [9.17, 15) is 14.0 Å².